The Morgan fingerprint density at radius 2 is 1.68 bits per heavy atom. The number of aromatic nitrogens is 1. The van der Waals surface area contributed by atoms with Crippen LogP contribution in [0.1, 0.15) is 49.1 Å². The van der Waals surface area contributed by atoms with Crippen molar-refractivity contribution in [2.75, 3.05) is 0 Å². The fraction of sp³-hybridized carbons (Fsp3) is 0.333. The summed E-state index contributed by atoms with van der Waals surface area (Å²) in [4.78, 5) is 15.3. The molecule has 1 heterocycles. The summed E-state index contributed by atoms with van der Waals surface area (Å²) in [6, 6.07) is 16.8. The van der Waals surface area contributed by atoms with E-state index in [2.05, 4.69) is 41.4 Å². The van der Waals surface area contributed by atoms with Crippen molar-refractivity contribution in [2.45, 2.75) is 44.6 Å². The number of nitrogens with zero attached hydrogens (tertiary/aromatic N) is 1. The van der Waals surface area contributed by atoms with Crippen LogP contribution in [-0.4, -0.2) is 21.2 Å². The molecule has 28 heavy (non-hydrogen) atoms. The number of carbonyl (C=O) groups is 1. The average Bonchev–Trinajstić information content (AvgIpc) is 2.73. The summed E-state index contributed by atoms with van der Waals surface area (Å²) >= 11 is 0. The summed E-state index contributed by atoms with van der Waals surface area (Å²) in [7, 11) is 0. The molecule has 1 aliphatic carbocycles. The van der Waals surface area contributed by atoms with E-state index in [0.29, 0.717) is 18.3 Å². The molecule has 1 saturated carbocycles. The minimum Gasteiger partial charge on any atom is -0.481 e. The van der Waals surface area contributed by atoms with Crippen LogP contribution in [0.15, 0.2) is 54.7 Å². The van der Waals surface area contributed by atoms with Gasteiger partial charge in [-0.25, -0.2) is 0 Å². The van der Waals surface area contributed by atoms with Crippen molar-refractivity contribution in [3.8, 4) is 11.1 Å². The van der Waals surface area contributed by atoms with Gasteiger partial charge in [0.25, 0.3) is 0 Å². The number of aliphatic hydroxyl groups is 1. The predicted octanol–water partition coefficient (Wildman–Crippen LogP) is 5.14. The van der Waals surface area contributed by atoms with E-state index in [4.69, 9.17) is 5.11 Å². The largest absolute Gasteiger partial charge is 0.481 e. The number of carboxylic acids is 1. The second-order valence-electron chi connectivity index (χ2n) is 7.80. The van der Waals surface area contributed by atoms with Crippen molar-refractivity contribution in [3.63, 3.8) is 0 Å². The molecule has 4 heteroatoms. The Morgan fingerprint density at radius 3 is 2.36 bits per heavy atom. The van der Waals surface area contributed by atoms with Crippen LogP contribution in [0.2, 0.25) is 0 Å². The Morgan fingerprint density at radius 1 is 0.964 bits per heavy atom. The van der Waals surface area contributed by atoms with E-state index in [0.717, 1.165) is 53.3 Å². The van der Waals surface area contributed by atoms with Gasteiger partial charge in [0.15, 0.2) is 0 Å². The van der Waals surface area contributed by atoms with E-state index >= 15 is 0 Å². The third-order valence-corrected chi connectivity index (χ3v) is 6.03. The molecule has 0 bridgehead atoms. The summed E-state index contributed by atoms with van der Waals surface area (Å²) in [5.41, 5.74) is 5.41. The number of aliphatic hydroxyl groups excluding tert-OH is 1. The Bertz CT molecular complexity index is 973. The number of fused-ring (bicyclic) bond motifs is 1. The van der Waals surface area contributed by atoms with Gasteiger partial charge in [0.05, 0.1) is 12.1 Å². The van der Waals surface area contributed by atoms with Crippen LogP contribution < -0.4 is 0 Å². The van der Waals surface area contributed by atoms with Crippen LogP contribution in [0, 0.1) is 5.92 Å². The molecule has 0 saturated heterocycles. The molecule has 0 aliphatic heterocycles. The molecular weight excluding hydrogens is 350 g/mol. The maximum absolute atomic E-state index is 10.9. The Balaban J connectivity index is 1.49. The smallest absolute Gasteiger partial charge is 0.303 e. The fourth-order valence-electron chi connectivity index (χ4n) is 4.42. The normalized spacial score (nSPS) is 19.6. The summed E-state index contributed by atoms with van der Waals surface area (Å²) in [6.45, 7) is 0.0156. The zero-order chi connectivity index (χ0) is 19.5. The molecular formula is C24H25NO3. The van der Waals surface area contributed by atoms with Crippen molar-refractivity contribution >= 4 is 16.9 Å². The van der Waals surface area contributed by atoms with Crippen LogP contribution in [-0.2, 0) is 11.4 Å². The summed E-state index contributed by atoms with van der Waals surface area (Å²) in [5.74, 6) is 0.190. The quantitative estimate of drug-likeness (QED) is 0.647. The van der Waals surface area contributed by atoms with Gasteiger partial charge in [-0.1, -0.05) is 36.4 Å². The Labute approximate surface area is 164 Å². The highest BCUT2D eigenvalue weighted by molar-refractivity contribution is 5.86. The topological polar surface area (TPSA) is 70.4 Å². The maximum atomic E-state index is 10.9. The van der Waals surface area contributed by atoms with Gasteiger partial charge in [0, 0.05) is 18.0 Å². The first-order valence-electron chi connectivity index (χ1n) is 9.94. The first-order valence-corrected chi connectivity index (χ1v) is 9.94. The van der Waals surface area contributed by atoms with Gasteiger partial charge in [-0.2, -0.15) is 0 Å². The Hall–Kier alpha value is -2.72. The molecule has 4 rings (SSSR count). The highest BCUT2D eigenvalue weighted by atomic mass is 16.4. The predicted molar refractivity (Wildman–Crippen MR) is 110 cm³/mol. The fourth-order valence-corrected chi connectivity index (χ4v) is 4.42. The molecule has 2 N–H and O–H groups in total. The lowest BCUT2D eigenvalue weighted by molar-refractivity contribution is -0.138. The third kappa shape index (κ3) is 3.92. The van der Waals surface area contributed by atoms with Crippen molar-refractivity contribution < 1.29 is 15.0 Å². The van der Waals surface area contributed by atoms with Crippen LogP contribution >= 0.6 is 0 Å². The maximum Gasteiger partial charge on any atom is 0.303 e. The van der Waals surface area contributed by atoms with Gasteiger partial charge in [-0.3, -0.25) is 9.78 Å². The summed E-state index contributed by atoms with van der Waals surface area (Å²) < 4.78 is 0. The number of aliphatic carboxylic acids is 1. The molecule has 4 nitrogen and oxygen atoms in total. The average molecular weight is 375 g/mol. The van der Waals surface area contributed by atoms with Crippen molar-refractivity contribution in [2.24, 2.45) is 5.92 Å². The van der Waals surface area contributed by atoms with Crippen LogP contribution in [0.5, 0.6) is 0 Å². The van der Waals surface area contributed by atoms with Crippen LogP contribution in [0.25, 0.3) is 22.0 Å². The van der Waals surface area contributed by atoms with E-state index in [9.17, 15) is 9.90 Å². The lowest BCUT2D eigenvalue weighted by atomic mass is 9.77. The van der Waals surface area contributed by atoms with E-state index in [1.165, 1.54) is 5.56 Å². The number of hydrogen-bond donors (Lipinski definition) is 2. The molecule has 3 aromatic rings. The van der Waals surface area contributed by atoms with Gasteiger partial charge in [-0.15, -0.1) is 0 Å². The van der Waals surface area contributed by atoms with Crippen molar-refractivity contribution in [3.05, 3.63) is 65.9 Å². The third-order valence-electron chi connectivity index (χ3n) is 6.03. The number of pyridine rings is 1. The van der Waals surface area contributed by atoms with Crippen molar-refractivity contribution in [1.82, 2.24) is 4.98 Å². The van der Waals surface area contributed by atoms with Gasteiger partial charge in [0.2, 0.25) is 0 Å². The number of hydrogen-bond acceptors (Lipinski definition) is 3. The molecule has 0 spiro atoms. The second kappa shape index (κ2) is 8.11. The highest BCUT2D eigenvalue weighted by Crippen LogP contribution is 2.37. The van der Waals surface area contributed by atoms with E-state index in [1.807, 2.05) is 12.1 Å². The molecule has 144 valence electrons. The summed E-state index contributed by atoms with van der Waals surface area (Å²) in [6.07, 6.45) is 6.19. The first kappa shape index (κ1) is 18.6. The first-order chi connectivity index (χ1) is 13.6. The lowest BCUT2D eigenvalue weighted by Crippen LogP contribution is -2.16. The molecule has 0 atom stereocenters. The summed E-state index contributed by atoms with van der Waals surface area (Å²) in [5, 5.41) is 19.4. The van der Waals surface area contributed by atoms with Gasteiger partial charge in [-0.05, 0) is 71.9 Å². The SMILES string of the molecule is O=C(O)CC1CCC(c2ccc(-c3ccc4c(CO)ccnc4c3)cc2)CC1. The Kier molecular flexibility index (Phi) is 5.40. The van der Waals surface area contributed by atoms with Crippen molar-refractivity contribution in [1.29, 1.82) is 0 Å². The van der Waals surface area contributed by atoms with Crippen LogP contribution in [0.4, 0.5) is 0 Å². The monoisotopic (exact) mass is 375 g/mol. The molecule has 0 radical (unpaired) electrons. The van der Waals surface area contributed by atoms with E-state index in [-0.39, 0.29) is 6.61 Å². The second-order valence-corrected chi connectivity index (χ2v) is 7.80. The zero-order valence-electron chi connectivity index (χ0n) is 15.8. The number of carboxylic acid groups (broad SMARTS) is 1. The molecule has 2 aromatic carbocycles. The minimum atomic E-state index is -0.677. The standard InChI is InChI=1S/C24H25NO3/c26-15-21-11-12-25-23-14-20(9-10-22(21)23)19-7-5-18(6-8-19)17-3-1-16(2-4-17)13-24(27)28/h5-12,14,16-17,26H,1-4,13,15H2,(H,27,28). The molecule has 0 unspecified atom stereocenters. The number of rotatable bonds is 5. The van der Waals surface area contributed by atoms with Gasteiger partial charge >= 0.3 is 5.97 Å². The lowest BCUT2D eigenvalue weighted by Gasteiger charge is -2.28. The number of benzene rings is 2. The van der Waals surface area contributed by atoms with E-state index < -0.39 is 5.97 Å². The molecule has 1 aromatic heterocycles. The minimum absolute atomic E-state index is 0.0156. The molecule has 1 aliphatic rings. The highest BCUT2D eigenvalue weighted by Gasteiger charge is 2.23. The van der Waals surface area contributed by atoms with Crippen LogP contribution in [0.3, 0.4) is 0 Å². The van der Waals surface area contributed by atoms with Gasteiger partial charge < -0.3 is 10.2 Å². The molecule has 0 amide bonds. The van der Waals surface area contributed by atoms with E-state index in [1.54, 1.807) is 6.20 Å². The zero-order valence-corrected chi connectivity index (χ0v) is 15.8. The van der Waals surface area contributed by atoms with Gasteiger partial charge in [0.1, 0.15) is 0 Å². The molecule has 1 fully saturated rings.